The van der Waals surface area contributed by atoms with Crippen molar-refractivity contribution in [2.45, 2.75) is 13.8 Å². The van der Waals surface area contributed by atoms with Gasteiger partial charge in [-0.15, -0.1) is 10.2 Å². The van der Waals surface area contributed by atoms with E-state index < -0.39 is 4.92 Å². The quantitative estimate of drug-likeness (QED) is 0.503. The summed E-state index contributed by atoms with van der Waals surface area (Å²) in [5, 5.41) is 18.3. The largest absolute Gasteiger partial charge is 0.317 e. The third-order valence-electron chi connectivity index (χ3n) is 2.11. The Hall–Kier alpha value is -1.98. The molecule has 14 heavy (non-hydrogen) atoms. The zero-order valence-electron chi connectivity index (χ0n) is 7.76. The van der Waals surface area contributed by atoms with Gasteiger partial charge in [-0.25, -0.2) is 0 Å². The summed E-state index contributed by atoms with van der Waals surface area (Å²) >= 11 is 0. The molecule has 0 spiro atoms. The molecule has 6 nitrogen and oxygen atoms in total. The van der Waals surface area contributed by atoms with E-state index in [1.807, 2.05) is 0 Å². The molecule has 0 fully saturated rings. The smallest absolute Gasteiger partial charge is 0.281 e. The van der Waals surface area contributed by atoms with Gasteiger partial charge in [0.1, 0.15) is 5.82 Å². The first kappa shape index (κ1) is 8.61. The summed E-state index contributed by atoms with van der Waals surface area (Å²) < 4.78 is 1.60. The van der Waals surface area contributed by atoms with Gasteiger partial charge in [0.05, 0.1) is 4.92 Å². The first-order chi connectivity index (χ1) is 6.61. The molecule has 0 N–H and O–H groups in total. The number of aryl methyl sites for hydroxylation is 2. The predicted molar refractivity (Wildman–Crippen MR) is 49.1 cm³/mol. The number of nitrogens with zero attached hydrogens (tertiary/aromatic N) is 4. The minimum absolute atomic E-state index is 0.0214. The van der Waals surface area contributed by atoms with Gasteiger partial charge in [-0.2, -0.15) is 0 Å². The van der Waals surface area contributed by atoms with Crippen LogP contribution in [-0.2, 0) is 0 Å². The minimum Gasteiger partial charge on any atom is -0.281 e. The third-order valence-corrected chi connectivity index (χ3v) is 2.11. The van der Waals surface area contributed by atoms with E-state index in [-0.39, 0.29) is 5.69 Å². The molecule has 72 valence electrons. The summed E-state index contributed by atoms with van der Waals surface area (Å²) in [5.41, 5.74) is 0.913. The van der Waals surface area contributed by atoms with Gasteiger partial charge in [-0.3, -0.25) is 14.5 Å². The summed E-state index contributed by atoms with van der Waals surface area (Å²) in [6, 6.07) is 1.68. The normalized spacial score (nSPS) is 10.7. The molecule has 0 aromatic carbocycles. The lowest BCUT2D eigenvalue weighted by Crippen LogP contribution is -1.97. The number of aromatic nitrogens is 3. The lowest BCUT2D eigenvalue weighted by Gasteiger charge is -1.98. The summed E-state index contributed by atoms with van der Waals surface area (Å²) in [6.07, 6.45) is 1.73. The number of pyridine rings is 1. The molecule has 0 saturated heterocycles. The van der Waals surface area contributed by atoms with E-state index >= 15 is 0 Å². The van der Waals surface area contributed by atoms with E-state index in [4.69, 9.17) is 0 Å². The van der Waals surface area contributed by atoms with Crippen molar-refractivity contribution in [1.29, 1.82) is 0 Å². The Morgan fingerprint density at radius 2 is 2.14 bits per heavy atom. The zero-order chi connectivity index (χ0) is 10.3. The standard InChI is InChI=1S/C8H8N4O2/c1-5-3-4-11-6(2)9-10-8(11)7(5)12(13)14/h3-4H,1-2H3. The molecule has 0 unspecified atom stereocenters. The van der Waals surface area contributed by atoms with E-state index in [2.05, 4.69) is 10.2 Å². The van der Waals surface area contributed by atoms with Crippen LogP contribution >= 0.6 is 0 Å². The number of fused-ring (bicyclic) bond motifs is 1. The van der Waals surface area contributed by atoms with E-state index in [0.29, 0.717) is 17.0 Å². The van der Waals surface area contributed by atoms with Crippen LogP contribution in [-0.4, -0.2) is 19.5 Å². The van der Waals surface area contributed by atoms with Crippen LogP contribution in [0.2, 0.25) is 0 Å². The van der Waals surface area contributed by atoms with E-state index in [1.54, 1.807) is 30.5 Å². The van der Waals surface area contributed by atoms with Crippen LogP contribution in [0.4, 0.5) is 5.69 Å². The predicted octanol–water partition coefficient (Wildman–Crippen LogP) is 1.25. The average Bonchev–Trinajstić information content (AvgIpc) is 2.47. The molecule has 2 heterocycles. The molecule has 0 saturated carbocycles. The van der Waals surface area contributed by atoms with Gasteiger partial charge in [0, 0.05) is 11.8 Å². The molecule has 0 amide bonds. The molecular formula is C8H8N4O2. The summed E-state index contributed by atoms with van der Waals surface area (Å²) in [4.78, 5) is 10.3. The highest BCUT2D eigenvalue weighted by molar-refractivity contribution is 5.62. The molecule has 0 aliphatic rings. The van der Waals surface area contributed by atoms with E-state index in [1.165, 1.54) is 0 Å². The van der Waals surface area contributed by atoms with Crippen LogP contribution in [0.3, 0.4) is 0 Å². The Kier molecular flexibility index (Phi) is 1.70. The Morgan fingerprint density at radius 1 is 1.43 bits per heavy atom. The molecule has 0 radical (unpaired) electrons. The van der Waals surface area contributed by atoms with Gasteiger partial charge in [-0.05, 0) is 19.9 Å². The van der Waals surface area contributed by atoms with Gasteiger partial charge in [0.15, 0.2) is 0 Å². The molecule has 6 heteroatoms. The Bertz CT molecular complexity index is 517. The third kappa shape index (κ3) is 1.04. The fourth-order valence-corrected chi connectivity index (χ4v) is 1.38. The second-order valence-electron chi connectivity index (χ2n) is 3.05. The number of hydrogen-bond acceptors (Lipinski definition) is 4. The van der Waals surface area contributed by atoms with E-state index in [0.717, 1.165) is 0 Å². The van der Waals surface area contributed by atoms with Gasteiger partial charge >= 0.3 is 5.69 Å². The van der Waals surface area contributed by atoms with Gasteiger partial charge in [0.2, 0.25) is 5.65 Å². The first-order valence-corrected chi connectivity index (χ1v) is 4.06. The van der Waals surface area contributed by atoms with Crippen LogP contribution in [0.1, 0.15) is 11.4 Å². The van der Waals surface area contributed by atoms with Crippen molar-refractivity contribution < 1.29 is 4.92 Å². The van der Waals surface area contributed by atoms with Crippen LogP contribution in [0.5, 0.6) is 0 Å². The maximum atomic E-state index is 10.8. The first-order valence-electron chi connectivity index (χ1n) is 4.06. The summed E-state index contributed by atoms with van der Waals surface area (Å²) in [7, 11) is 0. The Labute approximate surface area is 79.3 Å². The molecule has 0 bridgehead atoms. The molecule has 2 rings (SSSR count). The van der Waals surface area contributed by atoms with Crippen molar-refractivity contribution in [1.82, 2.24) is 14.6 Å². The maximum absolute atomic E-state index is 10.8. The molecule has 2 aromatic rings. The lowest BCUT2D eigenvalue weighted by molar-refractivity contribution is -0.384. The lowest BCUT2D eigenvalue weighted by atomic mass is 10.2. The highest BCUT2D eigenvalue weighted by Crippen LogP contribution is 2.22. The Morgan fingerprint density at radius 3 is 2.79 bits per heavy atom. The van der Waals surface area contributed by atoms with Gasteiger partial charge in [0.25, 0.3) is 0 Å². The fraction of sp³-hybridized carbons (Fsp3) is 0.250. The fourth-order valence-electron chi connectivity index (χ4n) is 1.38. The molecule has 0 aliphatic carbocycles. The second kappa shape index (κ2) is 2.76. The van der Waals surface area contributed by atoms with Crippen molar-refractivity contribution in [3.63, 3.8) is 0 Å². The number of nitro groups is 1. The number of hydrogen-bond donors (Lipinski definition) is 0. The second-order valence-corrected chi connectivity index (χ2v) is 3.05. The van der Waals surface area contributed by atoms with Crippen molar-refractivity contribution in [2.24, 2.45) is 0 Å². The van der Waals surface area contributed by atoms with Crippen molar-refractivity contribution >= 4 is 11.3 Å². The highest BCUT2D eigenvalue weighted by atomic mass is 16.6. The SMILES string of the molecule is Cc1ccn2c(C)nnc2c1[N+](=O)[O-]. The monoisotopic (exact) mass is 192 g/mol. The molecule has 2 aromatic heterocycles. The number of rotatable bonds is 1. The van der Waals surface area contributed by atoms with Crippen molar-refractivity contribution in [3.05, 3.63) is 33.8 Å². The van der Waals surface area contributed by atoms with Crippen LogP contribution < -0.4 is 0 Å². The Balaban J connectivity index is 2.90. The molecule has 0 aliphatic heterocycles. The van der Waals surface area contributed by atoms with E-state index in [9.17, 15) is 10.1 Å². The van der Waals surface area contributed by atoms with Crippen LogP contribution in [0.15, 0.2) is 12.3 Å². The van der Waals surface area contributed by atoms with Gasteiger partial charge in [-0.1, -0.05) is 0 Å². The van der Waals surface area contributed by atoms with Crippen LogP contribution in [0, 0.1) is 24.0 Å². The van der Waals surface area contributed by atoms with Crippen molar-refractivity contribution in [2.75, 3.05) is 0 Å². The van der Waals surface area contributed by atoms with Crippen molar-refractivity contribution in [3.8, 4) is 0 Å². The zero-order valence-corrected chi connectivity index (χ0v) is 7.76. The van der Waals surface area contributed by atoms with Gasteiger partial charge < -0.3 is 0 Å². The average molecular weight is 192 g/mol. The summed E-state index contributed by atoms with van der Waals surface area (Å²) in [6.45, 7) is 3.43. The molecule has 0 atom stereocenters. The maximum Gasteiger partial charge on any atom is 0.317 e. The van der Waals surface area contributed by atoms with Crippen LogP contribution in [0.25, 0.3) is 5.65 Å². The molecular weight excluding hydrogens is 184 g/mol. The topological polar surface area (TPSA) is 73.3 Å². The summed E-state index contributed by atoms with van der Waals surface area (Å²) in [5.74, 6) is 0.642. The highest BCUT2D eigenvalue weighted by Gasteiger charge is 2.18. The minimum atomic E-state index is -0.432.